The van der Waals surface area contributed by atoms with E-state index in [9.17, 15) is 9.59 Å². The van der Waals surface area contributed by atoms with E-state index < -0.39 is 0 Å². The molecule has 0 saturated heterocycles. The number of methoxy groups -OCH3 is 2. The molecule has 3 rings (SSSR count). The number of benzene rings is 3. The van der Waals surface area contributed by atoms with Crippen molar-refractivity contribution in [2.24, 2.45) is 0 Å². The summed E-state index contributed by atoms with van der Waals surface area (Å²) < 4.78 is 10.7. The first kappa shape index (κ1) is 22.7. The van der Waals surface area contributed by atoms with Crippen molar-refractivity contribution in [1.82, 2.24) is 5.32 Å². The van der Waals surface area contributed by atoms with Crippen LogP contribution < -0.4 is 25.4 Å². The number of para-hydroxylation sites is 1. The SMILES string of the molecule is COc1cc(C(=O)NC(C)c2ccc(NC(=O)Nc3ccccc3)cc2)cc(OC)c1C. The summed E-state index contributed by atoms with van der Waals surface area (Å²) in [5.74, 6) is 0.941. The highest BCUT2D eigenvalue weighted by Crippen LogP contribution is 2.29. The molecule has 0 bridgehead atoms. The number of carbonyl (C=O) groups is 2. The molecule has 0 fully saturated rings. The van der Waals surface area contributed by atoms with Crippen molar-refractivity contribution in [3.63, 3.8) is 0 Å². The second-order valence-corrected chi connectivity index (χ2v) is 7.27. The number of carbonyl (C=O) groups excluding carboxylic acids is 2. The van der Waals surface area contributed by atoms with Crippen molar-refractivity contribution in [2.75, 3.05) is 24.9 Å². The Kier molecular flexibility index (Phi) is 7.33. The van der Waals surface area contributed by atoms with Gasteiger partial charge in [-0.05, 0) is 55.8 Å². The third kappa shape index (κ3) is 5.57. The predicted octanol–water partition coefficient (Wildman–Crippen LogP) is 5.15. The topological polar surface area (TPSA) is 88.7 Å². The quantitative estimate of drug-likeness (QED) is 0.481. The van der Waals surface area contributed by atoms with Gasteiger partial charge in [-0.2, -0.15) is 0 Å². The first-order valence-electron chi connectivity index (χ1n) is 10.2. The Labute approximate surface area is 187 Å². The van der Waals surface area contributed by atoms with Crippen LogP contribution in [0, 0.1) is 6.92 Å². The average molecular weight is 434 g/mol. The minimum absolute atomic E-state index is 0.237. The van der Waals surface area contributed by atoms with Gasteiger partial charge < -0.3 is 25.4 Å². The normalized spacial score (nSPS) is 11.2. The smallest absolute Gasteiger partial charge is 0.323 e. The largest absolute Gasteiger partial charge is 0.496 e. The van der Waals surface area contributed by atoms with E-state index in [-0.39, 0.29) is 18.0 Å². The van der Waals surface area contributed by atoms with E-state index in [1.165, 1.54) is 0 Å². The molecule has 3 N–H and O–H groups in total. The summed E-state index contributed by atoms with van der Waals surface area (Å²) in [6.45, 7) is 3.77. The molecule has 7 heteroatoms. The Morgan fingerprint density at radius 1 is 0.812 bits per heavy atom. The predicted molar refractivity (Wildman–Crippen MR) is 126 cm³/mol. The standard InChI is InChI=1S/C25H27N3O4/c1-16-22(31-3)14-19(15-23(16)32-4)24(29)26-17(2)18-10-12-21(13-11-18)28-25(30)27-20-8-6-5-7-9-20/h5-15,17H,1-4H3,(H,26,29)(H2,27,28,30). The third-order valence-corrected chi connectivity index (χ3v) is 5.06. The fourth-order valence-electron chi connectivity index (χ4n) is 3.25. The molecule has 0 aliphatic carbocycles. The van der Waals surface area contributed by atoms with Crippen molar-refractivity contribution in [2.45, 2.75) is 19.9 Å². The van der Waals surface area contributed by atoms with Crippen LogP contribution in [0.4, 0.5) is 16.2 Å². The average Bonchev–Trinajstić information content (AvgIpc) is 2.80. The number of amides is 3. The molecule has 3 aromatic rings. The highest BCUT2D eigenvalue weighted by atomic mass is 16.5. The Morgan fingerprint density at radius 2 is 1.34 bits per heavy atom. The molecule has 32 heavy (non-hydrogen) atoms. The molecule has 0 aromatic heterocycles. The van der Waals surface area contributed by atoms with Gasteiger partial charge in [-0.1, -0.05) is 30.3 Å². The van der Waals surface area contributed by atoms with Crippen LogP contribution in [0.2, 0.25) is 0 Å². The first-order chi connectivity index (χ1) is 15.4. The highest BCUT2D eigenvalue weighted by molar-refractivity contribution is 5.99. The lowest BCUT2D eigenvalue weighted by atomic mass is 10.1. The number of hydrogen-bond acceptors (Lipinski definition) is 4. The number of urea groups is 1. The van der Waals surface area contributed by atoms with Crippen molar-refractivity contribution in [1.29, 1.82) is 0 Å². The summed E-state index contributed by atoms with van der Waals surface area (Å²) in [6, 6.07) is 19.3. The van der Waals surface area contributed by atoms with Gasteiger partial charge in [0.05, 0.1) is 20.3 Å². The van der Waals surface area contributed by atoms with Crippen LogP contribution in [0.1, 0.15) is 34.5 Å². The van der Waals surface area contributed by atoms with E-state index >= 15 is 0 Å². The summed E-state index contributed by atoms with van der Waals surface area (Å²) in [5, 5.41) is 8.53. The highest BCUT2D eigenvalue weighted by Gasteiger charge is 2.16. The maximum atomic E-state index is 12.8. The van der Waals surface area contributed by atoms with Crippen LogP contribution in [0.15, 0.2) is 66.7 Å². The van der Waals surface area contributed by atoms with E-state index in [1.807, 2.05) is 56.3 Å². The molecule has 0 heterocycles. The number of anilines is 2. The molecule has 0 spiro atoms. The molecular formula is C25H27N3O4. The van der Waals surface area contributed by atoms with Gasteiger partial charge in [-0.25, -0.2) is 4.79 Å². The minimum atomic E-state index is -0.326. The second kappa shape index (κ2) is 10.3. The van der Waals surface area contributed by atoms with E-state index in [2.05, 4.69) is 16.0 Å². The van der Waals surface area contributed by atoms with Crippen LogP contribution in [0.3, 0.4) is 0 Å². The van der Waals surface area contributed by atoms with Gasteiger partial charge in [0.25, 0.3) is 5.91 Å². The second-order valence-electron chi connectivity index (χ2n) is 7.27. The number of hydrogen-bond donors (Lipinski definition) is 3. The summed E-state index contributed by atoms with van der Waals surface area (Å²) in [5.41, 5.74) is 3.54. The van der Waals surface area contributed by atoms with Crippen molar-refractivity contribution in [3.8, 4) is 11.5 Å². The lowest BCUT2D eigenvalue weighted by Gasteiger charge is -2.17. The van der Waals surface area contributed by atoms with Gasteiger partial charge in [0.1, 0.15) is 11.5 Å². The molecule has 0 radical (unpaired) electrons. The van der Waals surface area contributed by atoms with Crippen LogP contribution in [-0.2, 0) is 0 Å². The molecular weight excluding hydrogens is 406 g/mol. The Morgan fingerprint density at radius 3 is 1.88 bits per heavy atom. The fourth-order valence-corrected chi connectivity index (χ4v) is 3.25. The zero-order valence-corrected chi connectivity index (χ0v) is 18.6. The van der Waals surface area contributed by atoms with Crippen LogP contribution in [0.5, 0.6) is 11.5 Å². The maximum absolute atomic E-state index is 12.8. The van der Waals surface area contributed by atoms with Gasteiger partial charge in [-0.15, -0.1) is 0 Å². The Balaban J connectivity index is 1.62. The van der Waals surface area contributed by atoms with Gasteiger partial charge >= 0.3 is 6.03 Å². The molecule has 0 aliphatic heterocycles. The van der Waals surface area contributed by atoms with Gasteiger partial charge in [0, 0.05) is 22.5 Å². The molecule has 3 amide bonds. The molecule has 3 aromatic carbocycles. The van der Waals surface area contributed by atoms with E-state index in [1.54, 1.807) is 38.5 Å². The van der Waals surface area contributed by atoms with Gasteiger partial charge in [0.2, 0.25) is 0 Å². The van der Waals surface area contributed by atoms with Crippen LogP contribution in [-0.4, -0.2) is 26.2 Å². The van der Waals surface area contributed by atoms with Crippen molar-refractivity contribution in [3.05, 3.63) is 83.4 Å². The molecule has 0 saturated carbocycles. The monoisotopic (exact) mass is 433 g/mol. The van der Waals surface area contributed by atoms with Crippen molar-refractivity contribution < 1.29 is 19.1 Å². The van der Waals surface area contributed by atoms with Crippen molar-refractivity contribution >= 4 is 23.3 Å². The minimum Gasteiger partial charge on any atom is -0.496 e. The zero-order valence-electron chi connectivity index (χ0n) is 18.6. The number of nitrogens with one attached hydrogen (secondary N) is 3. The fraction of sp³-hybridized carbons (Fsp3) is 0.200. The molecule has 0 aliphatic rings. The third-order valence-electron chi connectivity index (χ3n) is 5.06. The van der Waals surface area contributed by atoms with Gasteiger partial charge in [0.15, 0.2) is 0 Å². The van der Waals surface area contributed by atoms with Crippen LogP contribution in [0.25, 0.3) is 0 Å². The van der Waals surface area contributed by atoms with Gasteiger partial charge in [-0.3, -0.25) is 4.79 Å². The summed E-state index contributed by atoms with van der Waals surface area (Å²) in [7, 11) is 3.11. The van der Waals surface area contributed by atoms with E-state index in [0.29, 0.717) is 28.4 Å². The zero-order chi connectivity index (χ0) is 23.1. The summed E-state index contributed by atoms with van der Waals surface area (Å²) in [6.07, 6.45) is 0. The van der Waals surface area contributed by atoms with Crippen LogP contribution >= 0.6 is 0 Å². The Hall–Kier alpha value is -4.00. The molecule has 1 unspecified atom stereocenters. The van der Waals surface area contributed by atoms with E-state index in [0.717, 1.165) is 11.1 Å². The number of ether oxygens (including phenoxy) is 2. The maximum Gasteiger partial charge on any atom is 0.323 e. The lowest BCUT2D eigenvalue weighted by molar-refractivity contribution is 0.0939. The summed E-state index contributed by atoms with van der Waals surface area (Å²) in [4.78, 5) is 24.9. The molecule has 7 nitrogen and oxygen atoms in total. The first-order valence-corrected chi connectivity index (χ1v) is 10.2. The summed E-state index contributed by atoms with van der Waals surface area (Å²) >= 11 is 0. The molecule has 166 valence electrons. The Bertz CT molecular complexity index is 1060. The van der Waals surface area contributed by atoms with E-state index in [4.69, 9.17) is 9.47 Å². The number of rotatable bonds is 7. The lowest BCUT2D eigenvalue weighted by Crippen LogP contribution is -2.26. The molecule has 1 atom stereocenters.